The highest BCUT2D eigenvalue weighted by Gasteiger charge is 2.68. The van der Waals surface area contributed by atoms with Crippen LogP contribution in [0.15, 0.2) is 0 Å². The normalized spacial score (nSPS) is 56.4. The predicted molar refractivity (Wildman–Crippen MR) is 90.3 cm³/mol. The van der Waals surface area contributed by atoms with Crippen molar-refractivity contribution in [2.24, 2.45) is 33.5 Å². The first-order chi connectivity index (χ1) is 11.2. The van der Waals surface area contributed by atoms with Gasteiger partial charge in [-0.15, -0.1) is 0 Å². The Bertz CT molecular complexity index is 562. The van der Waals surface area contributed by atoms with Crippen LogP contribution in [0.3, 0.4) is 0 Å². The SMILES string of the molecule is C[C@@]12CC[C@@H]3[C@@](CC[C@@H]4[C@](CO)(C(=O)O)CCC[C@@]34C)(CC1O)C2. The molecule has 4 rings (SSSR count). The quantitative estimate of drug-likeness (QED) is 0.723. The lowest BCUT2D eigenvalue weighted by Crippen LogP contribution is -2.60. The number of hydrogen-bond donors (Lipinski definition) is 3. The van der Waals surface area contributed by atoms with Crippen molar-refractivity contribution in [2.45, 2.75) is 77.7 Å². The second-order valence-electron chi connectivity index (χ2n) is 10.1. The summed E-state index contributed by atoms with van der Waals surface area (Å²) in [4.78, 5) is 12.1. The molecule has 0 saturated heterocycles. The summed E-state index contributed by atoms with van der Waals surface area (Å²) in [7, 11) is 0. The lowest BCUT2D eigenvalue weighted by atomic mass is 9.40. The van der Waals surface area contributed by atoms with E-state index < -0.39 is 11.4 Å². The molecule has 3 N–H and O–H groups in total. The van der Waals surface area contributed by atoms with E-state index in [4.69, 9.17) is 0 Å². The van der Waals surface area contributed by atoms with Gasteiger partial charge in [-0.25, -0.2) is 0 Å². The third-order valence-corrected chi connectivity index (χ3v) is 9.14. The monoisotopic (exact) mass is 336 g/mol. The van der Waals surface area contributed by atoms with Crippen molar-refractivity contribution in [1.82, 2.24) is 0 Å². The first-order valence-corrected chi connectivity index (χ1v) is 9.75. The summed E-state index contributed by atoms with van der Waals surface area (Å²) >= 11 is 0. The van der Waals surface area contributed by atoms with E-state index in [1.807, 2.05) is 0 Å². The average molecular weight is 336 g/mol. The highest BCUT2D eigenvalue weighted by Crippen LogP contribution is 2.73. The van der Waals surface area contributed by atoms with Crippen molar-refractivity contribution in [3.05, 3.63) is 0 Å². The van der Waals surface area contributed by atoms with Crippen LogP contribution in [0.25, 0.3) is 0 Å². The molecule has 1 unspecified atom stereocenters. The largest absolute Gasteiger partial charge is 0.481 e. The molecule has 4 aliphatic rings. The van der Waals surface area contributed by atoms with Crippen molar-refractivity contribution in [1.29, 1.82) is 0 Å². The molecule has 4 fully saturated rings. The van der Waals surface area contributed by atoms with E-state index in [1.165, 1.54) is 0 Å². The Morgan fingerprint density at radius 1 is 1.08 bits per heavy atom. The van der Waals surface area contributed by atoms with E-state index in [2.05, 4.69) is 13.8 Å². The van der Waals surface area contributed by atoms with Crippen molar-refractivity contribution >= 4 is 5.97 Å². The minimum absolute atomic E-state index is 0.0109. The van der Waals surface area contributed by atoms with Gasteiger partial charge in [-0.05, 0) is 79.4 Å². The fourth-order valence-corrected chi connectivity index (χ4v) is 8.05. The maximum absolute atomic E-state index is 12.1. The van der Waals surface area contributed by atoms with Crippen LogP contribution in [-0.4, -0.2) is 34.0 Å². The molecule has 7 atom stereocenters. The van der Waals surface area contributed by atoms with Crippen LogP contribution >= 0.6 is 0 Å². The molecule has 4 heteroatoms. The van der Waals surface area contributed by atoms with E-state index in [-0.39, 0.29) is 34.9 Å². The van der Waals surface area contributed by atoms with E-state index >= 15 is 0 Å². The molecule has 0 heterocycles. The van der Waals surface area contributed by atoms with Crippen LogP contribution < -0.4 is 0 Å². The molecule has 0 radical (unpaired) electrons. The topological polar surface area (TPSA) is 77.8 Å². The molecule has 0 amide bonds. The first kappa shape index (κ1) is 16.8. The Balaban J connectivity index is 1.75. The van der Waals surface area contributed by atoms with Gasteiger partial charge in [-0.3, -0.25) is 4.79 Å². The van der Waals surface area contributed by atoms with Gasteiger partial charge in [-0.1, -0.05) is 20.3 Å². The zero-order chi connectivity index (χ0) is 17.4. The minimum atomic E-state index is -0.952. The Kier molecular flexibility index (Phi) is 3.49. The van der Waals surface area contributed by atoms with Gasteiger partial charge >= 0.3 is 5.97 Å². The number of carbonyl (C=O) groups is 1. The van der Waals surface area contributed by atoms with E-state index in [1.54, 1.807) is 0 Å². The molecule has 4 saturated carbocycles. The zero-order valence-electron chi connectivity index (χ0n) is 15.1. The average Bonchev–Trinajstić information content (AvgIpc) is 2.70. The molecule has 136 valence electrons. The van der Waals surface area contributed by atoms with Gasteiger partial charge in [0.1, 0.15) is 0 Å². The Morgan fingerprint density at radius 2 is 1.79 bits per heavy atom. The van der Waals surface area contributed by atoms with Crippen molar-refractivity contribution < 1.29 is 20.1 Å². The number of carboxylic acids is 1. The highest BCUT2D eigenvalue weighted by molar-refractivity contribution is 5.75. The third kappa shape index (κ3) is 1.85. The highest BCUT2D eigenvalue weighted by atomic mass is 16.4. The fourth-order valence-electron chi connectivity index (χ4n) is 8.05. The number of aliphatic carboxylic acids is 1. The second-order valence-corrected chi connectivity index (χ2v) is 10.1. The minimum Gasteiger partial charge on any atom is -0.481 e. The summed E-state index contributed by atoms with van der Waals surface area (Å²) < 4.78 is 0. The van der Waals surface area contributed by atoms with Crippen LogP contribution in [0.1, 0.15) is 71.6 Å². The maximum Gasteiger partial charge on any atom is 0.312 e. The first-order valence-electron chi connectivity index (χ1n) is 9.75. The number of hydrogen-bond acceptors (Lipinski definition) is 3. The molecule has 0 aliphatic heterocycles. The maximum atomic E-state index is 12.1. The number of rotatable bonds is 2. The summed E-state index contributed by atoms with van der Waals surface area (Å²) in [5.41, 5.74) is -0.695. The van der Waals surface area contributed by atoms with Gasteiger partial charge in [0.2, 0.25) is 0 Å². The second kappa shape index (κ2) is 4.97. The third-order valence-electron chi connectivity index (χ3n) is 9.14. The van der Waals surface area contributed by atoms with Crippen LogP contribution in [0, 0.1) is 33.5 Å². The van der Waals surface area contributed by atoms with Crippen LogP contribution in [0.2, 0.25) is 0 Å². The summed E-state index contributed by atoms with van der Waals surface area (Å²) in [6.45, 7) is 4.32. The van der Waals surface area contributed by atoms with Gasteiger partial charge in [0.15, 0.2) is 0 Å². The fraction of sp³-hybridized carbons (Fsp3) is 0.950. The van der Waals surface area contributed by atoms with Gasteiger partial charge in [-0.2, -0.15) is 0 Å². The summed E-state index contributed by atoms with van der Waals surface area (Å²) in [5, 5.41) is 30.7. The molecule has 24 heavy (non-hydrogen) atoms. The van der Waals surface area contributed by atoms with E-state index in [0.717, 1.165) is 51.4 Å². The summed E-state index contributed by atoms with van der Waals surface area (Å²) in [5.74, 6) is -0.234. The molecule has 0 aromatic carbocycles. The van der Waals surface area contributed by atoms with Crippen molar-refractivity contribution in [2.75, 3.05) is 6.61 Å². The van der Waals surface area contributed by atoms with Gasteiger partial charge in [0.25, 0.3) is 0 Å². The lowest BCUT2D eigenvalue weighted by Gasteiger charge is -2.64. The number of aliphatic hydroxyl groups excluding tert-OH is 2. The number of aliphatic hydroxyl groups is 2. The molecule has 0 aromatic rings. The van der Waals surface area contributed by atoms with Crippen molar-refractivity contribution in [3.8, 4) is 0 Å². The Labute approximate surface area is 144 Å². The standard InChI is InChI=1S/C20H32O4/c1-17-8-4-13-18(2)6-3-7-20(12-21,16(23)24)14(18)5-9-19(13,11-17)10-15(17)22/h13-15,21-22H,3-12H2,1-2H3,(H,23,24)/t13-,14-,15?,17-,18-,19-,20-/m0/s1. The molecule has 0 aromatic heterocycles. The van der Waals surface area contributed by atoms with Gasteiger partial charge < -0.3 is 15.3 Å². The molecule has 1 spiro atoms. The molecule has 2 bridgehead atoms. The Morgan fingerprint density at radius 3 is 2.46 bits per heavy atom. The smallest absolute Gasteiger partial charge is 0.312 e. The summed E-state index contributed by atoms with van der Waals surface area (Å²) in [6, 6.07) is 0. The van der Waals surface area contributed by atoms with Crippen LogP contribution in [0.4, 0.5) is 0 Å². The van der Waals surface area contributed by atoms with Crippen molar-refractivity contribution in [3.63, 3.8) is 0 Å². The van der Waals surface area contributed by atoms with Gasteiger partial charge in [0.05, 0.1) is 18.1 Å². The van der Waals surface area contributed by atoms with Gasteiger partial charge in [0, 0.05) is 0 Å². The molecule has 4 nitrogen and oxygen atoms in total. The number of carboxylic acid groups (broad SMARTS) is 1. The molecular weight excluding hydrogens is 304 g/mol. The molecular formula is C20H32O4. The van der Waals surface area contributed by atoms with E-state index in [0.29, 0.717) is 12.3 Å². The molecule has 4 aliphatic carbocycles. The van der Waals surface area contributed by atoms with Crippen LogP contribution in [-0.2, 0) is 4.79 Å². The lowest BCUT2D eigenvalue weighted by molar-refractivity contribution is -0.192. The summed E-state index contributed by atoms with van der Waals surface area (Å²) in [6.07, 6.45) is 8.47. The number of fused-ring (bicyclic) bond motifs is 3. The predicted octanol–water partition coefficient (Wildman–Crippen LogP) is 3.21. The van der Waals surface area contributed by atoms with Crippen LogP contribution in [0.5, 0.6) is 0 Å². The Hall–Kier alpha value is -0.610. The van der Waals surface area contributed by atoms with E-state index in [9.17, 15) is 20.1 Å². The zero-order valence-corrected chi connectivity index (χ0v) is 15.1.